The summed E-state index contributed by atoms with van der Waals surface area (Å²) in [6.45, 7) is -0.450. The molecule has 0 spiro atoms. The van der Waals surface area contributed by atoms with E-state index in [-0.39, 0.29) is 11.6 Å². The van der Waals surface area contributed by atoms with Crippen molar-refractivity contribution in [2.24, 2.45) is 0 Å². The van der Waals surface area contributed by atoms with E-state index in [0.717, 1.165) is 5.56 Å². The van der Waals surface area contributed by atoms with Crippen LogP contribution in [-0.4, -0.2) is 64.7 Å². The van der Waals surface area contributed by atoms with Gasteiger partial charge in [-0.2, -0.15) is 4.98 Å². The lowest BCUT2D eigenvalue weighted by atomic mass is 10.1. The van der Waals surface area contributed by atoms with Crippen LogP contribution in [0.25, 0.3) is 11.2 Å². The number of non-ortho nitro benzene ring substituents is 1. The Kier molecular flexibility index (Phi) is 5.53. The van der Waals surface area contributed by atoms with Gasteiger partial charge in [-0.05, 0) is 5.56 Å². The molecule has 0 unspecified atom stereocenters. The highest BCUT2D eigenvalue weighted by molar-refractivity contribution is 7.98. The van der Waals surface area contributed by atoms with Crippen molar-refractivity contribution >= 4 is 34.6 Å². The molecule has 4 rings (SSSR count). The number of imidazole rings is 1. The number of aliphatic hydroxyl groups is 3. The normalized spacial score (nSPS) is 23.8. The Labute approximate surface area is 173 Å². The molecule has 4 atom stereocenters. The van der Waals surface area contributed by atoms with Gasteiger partial charge in [0.05, 0.1) is 17.9 Å². The second kappa shape index (κ2) is 8.12. The number of nitrogens with two attached hydrogens (primary N) is 1. The molecule has 5 N–H and O–H groups in total. The zero-order valence-corrected chi connectivity index (χ0v) is 16.2. The van der Waals surface area contributed by atoms with Crippen LogP contribution in [0.15, 0.2) is 35.6 Å². The van der Waals surface area contributed by atoms with Crippen molar-refractivity contribution in [1.82, 2.24) is 19.5 Å². The Bertz CT molecular complexity index is 1080. The number of ether oxygens (including phenoxy) is 1. The molecule has 2 aromatic heterocycles. The number of aromatic nitrogens is 4. The molecule has 1 aliphatic rings. The molecule has 1 saturated heterocycles. The largest absolute Gasteiger partial charge is 0.394 e. The molecule has 13 heteroatoms. The van der Waals surface area contributed by atoms with Gasteiger partial charge in [0.2, 0.25) is 5.95 Å². The van der Waals surface area contributed by atoms with Gasteiger partial charge in [0.25, 0.3) is 5.69 Å². The average Bonchev–Trinajstić information content (AvgIpc) is 3.27. The second-order valence-corrected chi connectivity index (χ2v) is 7.62. The minimum Gasteiger partial charge on any atom is -0.394 e. The summed E-state index contributed by atoms with van der Waals surface area (Å²) in [5.74, 6) is 0.451. The Morgan fingerprint density at radius 1 is 1.23 bits per heavy atom. The number of hydrogen-bond acceptors (Lipinski definition) is 11. The number of nitro groups is 1. The van der Waals surface area contributed by atoms with Crippen molar-refractivity contribution in [2.45, 2.75) is 35.3 Å². The maximum Gasteiger partial charge on any atom is 0.269 e. The molecule has 0 aliphatic carbocycles. The molecule has 1 fully saturated rings. The van der Waals surface area contributed by atoms with Crippen molar-refractivity contribution in [3.63, 3.8) is 0 Å². The van der Waals surface area contributed by atoms with E-state index in [1.807, 2.05) is 0 Å². The SMILES string of the molecule is Nc1nc(SCc2ccc([N+](=O)[O-])cc2)c2ncn([C@@H]3O[C@H](CO)[C@H](O)[C@H]3O)c2n1. The lowest BCUT2D eigenvalue weighted by Crippen LogP contribution is -2.33. The summed E-state index contributed by atoms with van der Waals surface area (Å²) in [7, 11) is 0. The third-order valence-electron chi connectivity index (χ3n) is 4.72. The number of hydrogen-bond donors (Lipinski definition) is 4. The van der Waals surface area contributed by atoms with E-state index in [2.05, 4.69) is 15.0 Å². The second-order valence-electron chi connectivity index (χ2n) is 6.65. The van der Waals surface area contributed by atoms with Crippen molar-refractivity contribution in [3.05, 3.63) is 46.3 Å². The van der Waals surface area contributed by atoms with Gasteiger partial charge in [-0.25, -0.2) is 9.97 Å². The number of anilines is 1. The van der Waals surface area contributed by atoms with E-state index in [0.29, 0.717) is 21.9 Å². The van der Waals surface area contributed by atoms with Gasteiger partial charge in [0, 0.05) is 17.9 Å². The number of fused-ring (bicyclic) bond motifs is 1. The fraction of sp³-hybridized carbons (Fsp3) is 0.353. The molecule has 0 bridgehead atoms. The van der Waals surface area contributed by atoms with Crippen LogP contribution in [0.2, 0.25) is 0 Å². The highest BCUT2D eigenvalue weighted by Crippen LogP contribution is 2.34. The first-order valence-corrected chi connectivity index (χ1v) is 9.86. The molecule has 3 aromatic rings. The molecule has 158 valence electrons. The number of aliphatic hydroxyl groups excluding tert-OH is 3. The van der Waals surface area contributed by atoms with Crippen LogP contribution in [0.1, 0.15) is 11.8 Å². The molecule has 0 radical (unpaired) electrons. The minimum absolute atomic E-state index is 0.00894. The number of nitro benzene ring substituents is 1. The van der Waals surface area contributed by atoms with E-state index in [1.165, 1.54) is 34.8 Å². The highest BCUT2D eigenvalue weighted by Gasteiger charge is 2.44. The Hall–Kier alpha value is -2.84. The van der Waals surface area contributed by atoms with Crippen LogP contribution < -0.4 is 5.73 Å². The van der Waals surface area contributed by atoms with Crippen LogP contribution in [0.3, 0.4) is 0 Å². The molecular formula is C17H18N6O6S. The summed E-state index contributed by atoms with van der Waals surface area (Å²) in [6.07, 6.45) is -3.07. The number of thioether (sulfide) groups is 1. The Balaban J connectivity index is 1.60. The smallest absolute Gasteiger partial charge is 0.269 e. The topological polar surface area (TPSA) is 183 Å². The average molecular weight is 434 g/mol. The summed E-state index contributed by atoms with van der Waals surface area (Å²) in [5.41, 5.74) is 7.43. The van der Waals surface area contributed by atoms with Gasteiger partial charge in [0.15, 0.2) is 11.9 Å². The molecular weight excluding hydrogens is 416 g/mol. The van der Waals surface area contributed by atoms with Gasteiger partial charge >= 0.3 is 0 Å². The van der Waals surface area contributed by atoms with Crippen molar-refractivity contribution in [2.75, 3.05) is 12.3 Å². The summed E-state index contributed by atoms with van der Waals surface area (Å²) < 4.78 is 6.97. The lowest BCUT2D eigenvalue weighted by molar-refractivity contribution is -0.384. The van der Waals surface area contributed by atoms with E-state index in [4.69, 9.17) is 10.5 Å². The van der Waals surface area contributed by atoms with Gasteiger partial charge in [-0.15, -0.1) is 0 Å². The molecule has 1 aliphatic heterocycles. The van der Waals surface area contributed by atoms with Crippen LogP contribution in [-0.2, 0) is 10.5 Å². The fourth-order valence-corrected chi connectivity index (χ4v) is 4.10. The van der Waals surface area contributed by atoms with E-state index in [1.54, 1.807) is 12.1 Å². The third-order valence-corrected chi connectivity index (χ3v) is 5.76. The van der Waals surface area contributed by atoms with Gasteiger partial charge in [0.1, 0.15) is 28.9 Å². The zero-order valence-electron chi connectivity index (χ0n) is 15.4. The number of nitrogens with zero attached hydrogens (tertiary/aromatic N) is 5. The highest BCUT2D eigenvalue weighted by atomic mass is 32.2. The first kappa shape index (κ1) is 20.4. The molecule has 0 saturated carbocycles. The Morgan fingerprint density at radius 2 is 1.97 bits per heavy atom. The summed E-state index contributed by atoms with van der Waals surface area (Å²) in [6, 6.07) is 6.17. The van der Waals surface area contributed by atoms with E-state index in [9.17, 15) is 25.4 Å². The van der Waals surface area contributed by atoms with Crippen LogP contribution in [0.4, 0.5) is 11.6 Å². The number of rotatable bonds is 6. The summed E-state index contributed by atoms with van der Waals surface area (Å²) in [5, 5.41) is 40.8. The minimum atomic E-state index is -1.29. The van der Waals surface area contributed by atoms with Crippen molar-refractivity contribution in [3.8, 4) is 0 Å². The first-order chi connectivity index (χ1) is 14.4. The zero-order chi connectivity index (χ0) is 21.4. The molecule has 3 heterocycles. The van der Waals surface area contributed by atoms with Crippen molar-refractivity contribution in [1.29, 1.82) is 0 Å². The predicted octanol–water partition coefficient (Wildman–Crippen LogP) is 0.220. The van der Waals surface area contributed by atoms with E-state index < -0.39 is 36.1 Å². The van der Waals surface area contributed by atoms with Crippen LogP contribution >= 0.6 is 11.8 Å². The number of benzene rings is 1. The van der Waals surface area contributed by atoms with Gasteiger partial charge < -0.3 is 25.8 Å². The predicted molar refractivity (Wildman–Crippen MR) is 105 cm³/mol. The maximum absolute atomic E-state index is 10.8. The summed E-state index contributed by atoms with van der Waals surface area (Å²) >= 11 is 1.32. The van der Waals surface area contributed by atoms with Crippen LogP contribution in [0, 0.1) is 10.1 Å². The van der Waals surface area contributed by atoms with Gasteiger partial charge in [-0.3, -0.25) is 14.7 Å². The first-order valence-electron chi connectivity index (χ1n) is 8.87. The molecule has 1 aromatic carbocycles. The lowest BCUT2D eigenvalue weighted by Gasteiger charge is -2.16. The summed E-state index contributed by atoms with van der Waals surface area (Å²) in [4.78, 5) is 23.0. The standard InChI is InChI=1S/C17H18N6O6S/c18-17-20-14-11(19-7-22(14)16-13(26)12(25)10(5-24)29-16)15(21-17)30-6-8-1-3-9(4-2-8)23(27)28/h1-4,7,10,12-13,16,24-26H,5-6H2,(H2,18,20,21)/t10-,12+,13-,16-/m1/s1. The Morgan fingerprint density at radius 3 is 2.60 bits per heavy atom. The molecule has 0 amide bonds. The molecule has 30 heavy (non-hydrogen) atoms. The molecule has 12 nitrogen and oxygen atoms in total. The quantitative estimate of drug-likeness (QED) is 0.180. The van der Waals surface area contributed by atoms with Crippen LogP contribution in [0.5, 0.6) is 0 Å². The maximum atomic E-state index is 10.8. The number of nitrogen functional groups attached to an aromatic ring is 1. The monoisotopic (exact) mass is 434 g/mol. The van der Waals surface area contributed by atoms with Gasteiger partial charge in [-0.1, -0.05) is 23.9 Å². The third kappa shape index (κ3) is 3.68. The fourth-order valence-electron chi connectivity index (χ4n) is 3.17. The van der Waals surface area contributed by atoms with E-state index >= 15 is 0 Å². The van der Waals surface area contributed by atoms with Crippen molar-refractivity contribution < 1.29 is 25.0 Å².